The highest BCUT2D eigenvalue weighted by Crippen LogP contribution is 2.25. The van der Waals surface area contributed by atoms with Crippen LogP contribution < -0.4 is 14.8 Å². The summed E-state index contributed by atoms with van der Waals surface area (Å²) in [7, 11) is -2.40. The molecule has 3 rings (SSSR count). The second-order valence-corrected chi connectivity index (χ2v) is 8.50. The third kappa shape index (κ3) is 4.75. The smallest absolute Gasteiger partial charge is 0.261 e. The van der Waals surface area contributed by atoms with Gasteiger partial charge >= 0.3 is 0 Å². The number of benzene rings is 2. The Balaban J connectivity index is 1.79. The summed E-state index contributed by atoms with van der Waals surface area (Å²) in [5.41, 5.74) is 0.310. The lowest BCUT2D eigenvalue weighted by atomic mass is 9.95. The van der Waals surface area contributed by atoms with Gasteiger partial charge in [0.1, 0.15) is 11.5 Å². The summed E-state index contributed by atoms with van der Waals surface area (Å²) in [6, 6.07) is 10.2. The fraction of sp³-hybridized carbons (Fsp3) is 0.350. The number of sulfonamides is 1. The van der Waals surface area contributed by atoms with Gasteiger partial charge in [-0.3, -0.25) is 9.52 Å². The molecule has 1 amide bonds. The molecule has 0 atom stereocenters. The zero-order valence-corrected chi connectivity index (χ0v) is 16.5. The summed E-state index contributed by atoms with van der Waals surface area (Å²) in [5, 5.41) is 12.9. The van der Waals surface area contributed by atoms with Crippen molar-refractivity contribution in [2.45, 2.75) is 43.0 Å². The molecule has 7 nitrogen and oxygen atoms in total. The molecular weight excluding hydrogens is 380 g/mol. The summed E-state index contributed by atoms with van der Waals surface area (Å²) in [6.07, 6.45) is 5.05. The molecule has 1 aliphatic rings. The average molecular weight is 404 g/mol. The standard InChI is InChI=1S/C20H24N2O5S/c1-27-16-9-7-15(8-10-16)22-28(25,26)17-11-12-19(23)18(13-17)20(24)21-14-5-3-2-4-6-14/h7-14,22-23H,2-6H2,1H3,(H,21,24). The zero-order chi connectivity index (χ0) is 20.1. The number of methoxy groups -OCH3 is 1. The molecular formula is C20H24N2O5S. The van der Waals surface area contributed by atoms with Crippen LogP contribution in [0.3, 0.4) is 0 Å². The van der Waals surface area contributed by atoms with Gasteiger partial charge in [0, 0.05) is 11.7 Å². The van der Waals surface area contributed by atoms with Crippen molar-refractivity contribution in [1.82, 2.24) is 5.32 Å². The number of nitrogens with one attached hydrogen (secondary N) is 2. The molecule has 0 heterocycles. The van der Waals surface area contributed by atoms with Gasteiger partial charge in [-0.05, 0) is 55.3 Å². The fourth-order valence-electron chi connectivity index (χ4n) is 3.25. The first kappa shape index (κ1) is 20.0. The second kappa shape index (κ2) is 8.52. The van der Waals surface area contributed by atoms with E-state index in [0.717, 1.165) is 32.1 Å². The van der Waals surface area contributed by atoms with Crippen LogP contribution in [0.4, 0.5) is 5.69 Å². The van der Waals surface area contributed by atoms with Gasteiger partial charge in [0.05, 0.1) is 17.6 Å². The lowest BCUT2D eigenvalue weighted by Gasteiger charge is -2.23. The maximum Gasteiger partial charge on any atom is 0.261 e. The molecule has 3 N–H and O–H groups in total. The minimum Gasteiger partial charge on any atom is -0.507 e. The molecule has 28 heavy (non-hydrogen) atoms. The molecule has 0 aromatic heterocycles. The highest BCUT2D eigenvalue weighted by Gasteiger charge is 2.22. The van der Waals surface area contributed by atoms with Crippen LogP contribution in [0.1, 0.15) is 42.5 Å². The number of aromatic hydroxyl groups is 1. The van der Waals surface area contributed by atoms with Crippen LogP contribution in [0.15, 0.2) is 47.4 Å². The van der Waals surface area contributed by atoms with Crippen LogP contribution in [-0.2, 0) is 10.0 Å². The normalized spacial score (nSPS) is 15.0. The van der Waals surface area contributed by atoms with Gasteiger partial charge in [-0.1, -0.05) is 19.3 Å². The molecule has 1 fully saturated rings. The van der Waals surface area contributed by atoms with Crippen molar-refractivity contribution < 1.29 is 23.1 Å². The quantitative estimate of drug-likeness (QED) is 0.685. The monoisotopic (exact) mass is 404 g/mol. The summed E-state index contributed by atoms with van der Waals surface area (Å²) >= 11 is 0. The Labute approximate surface area is 164 Å². The molecule has 2 aromatic rings. The Morgan fingerprint density at radius 1 is 1.07 bits per heavy atom. The topological polar surface area (TPSA) is 105 Å². The molecule has 8 heteroatoms. The Kier molecular flexibility index (Phi) is 6.08. The van der Waals surface area contributed by atoms with Gasteiger partial charge in [0.2, 0.25) is 0 Å². The van der Waals surface area contributed by atoms with E-state index in [9.17, 15) is 18.3 Å². The minimum absolute atomic E-state index is 0.0526. The summed E-state index contributed by atoms with van der Waals surface area (Å²) in [6.45, 7) is 0. The predicted octanol–water partition coefficient (Wildman–Crippen LogP) is 3.26. The van der Waals surface area contributed by atoms with E-state index in [1.807, 2.05) is 0 Å². The van der Waals surface area contributed by atoms with Crippen LogP contribution in [-0.4, -0.2) is 32.6 Å². The lowest BCUT2D eigenvalue weighted by Crippen LogP contribution is -2.36. The van der Waals surface area contributed by atoms with Gasteiger partial charge in [0.25, 0.3) is 15.9 Å². The highest BCUT2D eigenvalue weighted by molar-refractivity contribution is 7.92. The number of rotatable bonds is 6. The minimum atomic E-state index is -3.92. The van der Waals surface area contributed by atoms with E-state index in [2.05, 4.69) is 10.0 Å². The van der Waals surface area contributed by atoms with Crippen LogP contribution in [0.2, 0.25) is 0 Å². The van der Waals surface area contributed by atoms with E-state index < -0.39 is 15.9 Å². The SMILES string of the molecule is COc1ccc(NS(=O)(=O)c2ccc(O)c(C(=O)NC3CCCCC3)c2)cc1. The number of anilines is 1. The first-order valence-corrected chi connectivity index (χ1v) is 10.7. The third-order valence-electron chi connectivity index (χ3n) is 4.81. The number of amides is 1. The number of hydrogen-bond donors (Lipinski definition) is 3. The number of hydrogen-bond acceptors (Lipinski definition) is 5. The van der Waals surface area contributed by atoms with Crippen LogP contribution in [0.25, 0.3) is 0 Å². The maximum atomic E-state index is 12.7. The van der Waals surface area contributed by atoms with Gasteiger partial charge in [0.15, 0.2) is 0 Å². The first-order chi connectivity index (χ1) is 13.4. The van der Waals surface area contributed by atoms with Crippen LogP contribution in [0.5, 0.6) is 11.5 Å². The molecule has 1 saturated carbocycles. The van der Waals surface area contributed by atoms with Crippen molar-refractivity contribution in [3.63, 3.8) is 0 Å². The van der Waals surface area contributed by atoms with Gasteiger partial charge in [-0.15, -0.1) is 0 Å². The van der Waals surface area contributed by atoms with Crippen LogP contribution >= 0.6 is 0 Å². The van der Waals surface area contributed by atoms with Crippen LogP contribution in [0, 0.1) is 0 Å². The van der Waals surface area contributed by atoms with Gasteiger partial charge in [-0.25, -0.2) is 8.42 Å². The molecule has 0 bridgehead atoms. The molecule has 2 aromatic carbocycles. The van der Waals surface area contributed by atoms with E-state index >= 15 is 0 Å². The lowest BCUT2D eigenvalue weighted by molar-refractivity contribution is 0.0925. The molecule has 150 valence electrons. The zero-order valence-electron chi connectivity index (χ0n) is 15.6. The summed E-state index contributed by atoms with van der Waals surface area (Å²) in [5.74, 6) is -0.114. The van der Waals surface area contributed by atoms with Crippen molar-refractivity contribution >= 4 is 21.6 Å². The number of phenolic OH excluding ortho intramolecular Hbond substituents is 1. The number of carbonyl (C=O) groups excluding carboxylic acids is 1. The van der Waals surface area contributed by atoms with Crippen molar-refractivity contribution in [3.05, 3.63) is 48.0 Å². The molecule has 0 unspecified atom stereocenters. The second-order valence-electron chi connectivity index (χ2n) is 6.82. The Hall–Kier alpha value is -2.74. The predicted molar refractivity (Wildman–Crippen MR) is 106 cm³/mol. The largest absolute Gasteiger partial charge is 0.507 e. The van der Waals surface area contributed by atoms with E-state index in [-0.39, 0.29) is 22.3 Å². The Bertz CT molecular complexity index is 936. The van der Waals surface area contributed by atoms with Gasteiger partial charge in [-0.2, -0.15) is 0 Å². The molecule has 0 aliphatic heterocycles. The number of carbonyl (C=O) groups is 1. The van der Waals surface area contributed by atoms with Gasteiger partial charge < -0.3 is 15.2 Å². The molecule has 1 aliphatic carbocycles. The fourth-order valence-corrected chi connectivity index (χ4v) is 4.33. The van der Waals surface area contributed by atoms with Crippen molar-refractivity contribution in [2.75, 3.05) is 11.8 Å². The van der Waals surface area contributed by atoms with Crippen molar-refractivity contribution in [3.8, 4) is 11.5 Å². The summed E-state index contributed by atoms with van der Waals surface area (Å²) in [4.78, 5) is 12.4. The number of ether oxygens (including phenoxy) is 1. The third-order valence-corrected chi connectivity index (χ3v) is 6.18. The molecule has 0 radical (unpaired) electrons. The van der Waals surface area contributed by atoms with Crippen molar-refractivity contribution in [1.29, 1.82) is 0 Å². The van der Waals surface area contributed by atoms with E-state index in [4.69, 9.17) is 4.74 Å². The first-order valence-electron chi connectivity index (χ1n) is 9.20. The molecule has 0 saturated heterocycles. The maximum absolute atomic E-state index is 12.7. The average Bonchev–Trinajstić information content (AvgIpc) is 2.69. The highest BCUT2D eigenvalue weighted by atomic mass is 32.2. The Morgan fingerprint density at radius 2 is 1.75 bits per heavy atom. The number of phenols is 1. The molecule has 0 spiro atoms. The van der Waals surface area contributed by atoms with E-state index in [1.165, 1.54) is 25.3 Å². The Morgan fingerprint density at radius 3 is 2.39 bits per heavy atom. The van der Waals surface area contributed by atoms with E-state index in [0.29, 0.717) is 11.4 Å². The van der Waals surface area contributed by atoms with E-state index in [1.54, 1.807) is 24.3 Å². The summed E-state index contributed by atoms with van der Waals surface area (Å²) < 4.78 is 32.9. The van der Waals surface area contributed by atoms with Crippen molar-refractivity contribution in [2.24, 2.45) is 0 Å².